The first-order chi connectivity index (χ1) is 9.43. The van der Waals surface area contributed by atoms with E-state index in [1.807, 2.05) is 13.8 Å². The second kappa shape index (κ2) is 7.47. The average Bonchev–Trinajstić information content (AvgIpc) is 2.42. The molecule has 1 rings (SSSR count). The molecule has 0 aliphatic rings. The van der Waals surface area contributed by atoms with Crippen molar-refractivity contribution in [2.45, 2.75) is 13.8 Å². The van der Waals surface area contributed by atoms with Crippen molar-refractivity contribution in [1.82, 2.24) is 5.32 Å². The maximum Gasteiger partial charge on any atom is 0.341 e. The van der Waals surface area contributed by atoms with Crippen LogP contribution in [0.2, 0.25) is 0 Å². The Morgan fingerprint density at radius 2 is 2.05 bits per heavy atom. The standard InChI is InChI=1S/C14H18FNO4/c1-9(2)7-16-13(17)8-20-14(18)11-5-4-10(19-3)6-12(11)15/h4-6,9H,7-8H2,1-3H3,(H,16,17). The Labute approximate surface area is 117 Å². The number of ether oxygens (including phenoxy) is 2. The van der Waals surface area contributed by atoms with Crippen molar-refractivity contribution in [3.63, 3.8) is 0 Å². The number of rotatable bonds is 6. The molecule has 0 saturated carbocycles. The number of nitrogens with one attached hydrogen (secondary N) is 1. The van der Waals surface area contributed by atoms with E-state index >= 15 is 0 Å². The highest BCUT2D eigenvalue weighted by Gasteiger charge is 2.15. The molecule has 0 bridgehead atoms. The largest absolute Gasteiger partial charge is 0.497 e. The van der Waals surface area contributed by atoms with Crippen LogP contribution in [0.5, 0.6) is 5.75 Å². The van der Waals surface area contributed by atoms with Crippen LogP contribution in [0.4, 0.5) is 4.39 Å². The molecule has 0 saturated heterocycles. The van der Waals surface area contributed by atoms with Crippen LogP contribution in [0, 0.1) is 11.7 Å². The van der Waals surface area contributed by atoms with Gasteiger partial charge in [0.15, 0.2) is 6.61 Å². The number of carbonyl (C=O) groups is 2. The van der Waals surface area contributed by atoms with E-state index in [9.17, 15) is 14.0 Å². The Morgan fingerprint density at radius 3 is 2.60 bits per heavy atom. The summed E-state index contributed by atoms with van der Waals surface area (Å²) in [6.45, 7) is 3.95. The molecule has 1 amide bonds. The highest BCUT2D eigenvalue weighted by atomic mass is 19.1. The molecule has 0 unspecified atom stereocenters. The first-order valence-corrected chi connectivity index (χ1v) is 6.21. The van der Waals surface area contributed by atoms with E-state index < -0.39 is 24.3 Å². The predicted molar refractivity (Wildman–Crippen MR) is 71.1 cm³/mol. The fourth-order valence-electron chi connectivity index (χ4n) is 1.37. The SMILES string of the molecule is COc1ccc(C(=O)OCC(=O)NCC(C)C)c(F)c1. The highest BCUT2D eigenvalue weighted by molar-refractivity contribution is 5.91. The van der Waals surface area contributed by atoms with Gasteiger partial charge in [0.05, 0.1) is 12.7 Å². The lowest BCUT2D eigenvalue weighted by Gasteiger charge is -2.09. The summed E-state index contributed by atoms with van der Waals surface area (Å²) in [5, 5.41) is 2.59. The molecule has 1 N–H and O–H groups in total. The maximum absolute atomic E-state index is 13.6. The van der Waals surface area contributed by atoms with Crippen LogP contribution < -0.4 is 10.1 Å². The zero-order chi connectivity index (χ0) is 15.1. The first-order valence-electron chi connectivity index (χ1n) is 6.21. The van der Waals surface area contributed by atoms with Crippen LogP contribution in [0.25, 0.3) is 0 Å². The van der Waals surface area contributed by atoms with Gasteiger partial charge in [0.1, 0.15) is 11.6 Å². The first kappa shape index (κ1) is 15.9. The van der Waals surface area contributed by atoms with Gasteiger partial charge in [0.2, 0.25) is 0 Å². The summed E-state index contributed by atoms with van der Waals surface area (Å²) in [7, 11) is 1.39. The Balaban J connectivity index is 2.53. The molecular weight excluding hydrogens is 265 g/mol. The molecule has 0 fully saturated rings. The molecule has 0 atom stereocenters. The van der Waals surface area contributed by atoms with Gasteiger partial charge in [-0.15, -0.1) is 0 Å². The molecule has 110 valence electrons. The highest BCUT2D eigenvalue weighted by Crippen LogP contribution is 2.16. The van der Waals surface area contributed by atoms with Crippen molar-refractivity contribution in [1.29, 1.82) is 0 Å². The normalized spacial score (nSPS) is 10.2. The van der Waals surface area contributed by atoms with Gasteiger partial charge in [-0.3, -0.25) is 4.79 Å². The molecule has 20 heavy (non-hydrogen) atoms. The lowest BCUT2D eigenvalue weighted by atomic mass is 10.2. The lowest BCUT2D eigenvalue weighted by molar-refractivity contribution is -0.124. The van der Waals surface area contributed by atoms with Crippen LogP contribution in [-0.2, 0) is 9.53 Å². The van der Waals surface area contributed by atoms with Gasteiger partial charge in [-0.25, -0.2) is 9.18 Å². The van der Waals surface area contributed by atoms with Gasteiger partial charge < -0.3 is 14.8 Å². The minimum atomic E-state index is -0.884. The number of benzene rings is 1. The Hall–Kier alpha value is -2.11. The summed E-state index contributed by atoms with van der Waals surface area (Å²) in [5.41, 5.74) is -0.234. The summed E-state index contributed by atoms with van der Waals surface area (Å²) in [6.07, 6.45) is 0. The molecular formula is C14H18FNO4. The van der Waals surface area contributed by atoms with Crippen molar-refractivity contribution in [2.75, 3.05) is 20.3 Å². The number of hydrogen-bond acceptors (Lipinski definition) is 4. The minimum absolute atomic E-state index is 0.234. The quantitative estimate of drug-likeness (QED) is 0.808. The molecule has 6 heteroatoms. The van der Waals surface area contributed by atoms with E-state index in [2.05, 4.69) is 5.32 Å². The van der Waals surface area contributed by atoms with Crippen LogP contribution in [0.3, 0.4) is 0 Å². The smallest absolute Gasteiger partial charge is 0.341 e. The molecule has 1 aromatic carbocycles. The van der Waals surface area contributed by atoms with E-state index in [1.165, 1.54) is 19.2 Å². The van der Waals surface area contributed by atoms with E-state index in [-0.39, 0.29) is 5.56 Å². The topological polar surface area (TPSA) is 64.6 Å². The van der Waals surface area contributed by atoms with Gasteiger partial charge >= 0.3 is 5.97 Å². The number of hydrogen-bond donors (Lipinski definition) is 1. The summed E-state index contributed by atoms with van der Waals surface area (Å²) in [5.74, 6) is -1.45. The summed E-state index contributed by atoms with van der Waals surface area (Å²) < 4.78 is 23.2. The third-order valence-electron chi connectivity index (χ3n) is 2.44. The number of carbonyl (C=O) groups excluding carboxylic acids is 2. The van der Waals surface area contributed by atoms with E-state index in [1.54, 1.807) is 0 Å². The Bertz CT molecular complexity index is 488. The van der Waals surface area contributed by atoms with Crippen molar-refractivity contribution < 1.29 is 23.5 Å². The van der Waals surface area contributed by atoms with Gasteiger partial charge in [0.25, 0.3) is 5.91 Å². The zero-order valence-electron chi connectivity index (χ0n) is 11.7. The molecule has 5 nitrogen and oxygen atoms in total. The monoisotopic (exact) mass is 283 g/mol. The zero-order valence-corrected chi connectivity index (χ0v) is 11.7. The molecule has 0 heterocycles. The van der Waals surface area contributed by atoms with Gasteiger partial charge in [-0.2, -0.15) is 0 Å². The van der Waals surface area contributed by atoms with E-state index in [0.717, 1.165) is 6.07 Å². The van der Waals surface area contributed by atoms with Gasteiger partial charge in [0, 0.05) is 12.6 Å². The maximum atomic E-state index is 13.6. The lowest BCUT2D eigenvalue weighted by Crippen LogP contribution is -2.31. The minimum Gasteiger partial charge on any atom is -0.497 e. The van der Waals surface area contributed by atoms with Crippen LogP contribution >= 0.6 is 0 Å². The van der Waals surface area contributed by atoms with Crippen molar-refractivity contribution in [2.24, 2.45) is 5.92 Å². The van der Waals surface area contributed by atoms with Crippen LogP contribution in [0.1, 0.15) is 24.2 Å². The van der Waals surface area contributed by atoms with E-state index in [4.69, 9.17) is 9.47 Å². The van der Waals surface area contributed by atoms with Gasteiger partial charge in [-0.1, -0.05) is 13.8 Å². The third kappa shape index (κ3) is 4.87. The molecule has 0 radical (unpaired) electrons. The van der Waals surface area contributed by atoms with Crippen molar-refractivity contribution >= 4 is 11.9 Å². The fraction of sp³-hybridized carbons (Fsp3) is 0.429. The predicted octanol–water partition coefficient (Wildman–Crippen LogP) is 1.76. The van der Waals surface area contributed by atoms with Crippen molar-refractivity contribution in [3.05, 3.63) is 29.6 Å². The van der Waals surface area contributed by atoms with E-state index in [0.29, 0.717) is 18.2 Å². The number of halogens is 1. The molecule has 0 aliphatic heterocycles. The van der Waals surface area contributed by atoms with Gasteiger partial charge in [-0.05, 0) is 18.1 Å². The average molecular weight is 283 g/mol. The molecule has 1 aromatic rings. The number of methoxy groups -OCH3 is 1. The van der Waals surface area contributed by atoms with Crippen LogP contribution in [-0.4, -0.2) is 32.1 Å². The third-order valence-corrected chi connectivity index (χ3v) is 2.44. The second-order valence-electron chi connectivity index (χ2n) is 4.62. The fourth-order valence-corrected chi connectivity index (χ4v) is 1.37. The summed E-state index contributed by atoms with van der Waals surface area (Å²) >= 11 is 0. The second-order valence-corrected chi connectivity index (χ2v) is 4.62. The molecule has 0 aromatic heterocycles. The Morgan fingerprint density at radius 1 is 1.35 bits per heavy atom. The molecule has 0 aliphatic carbocycles. The summed E-state index contributed by atoms with van der Waals surface area (Å²) in [4.78, 5) is 23.0. The van der Waals surface area contributed by atoms with Crippen molar-refractivity contribution in [3.8, 4) is 5.75 Å². The number of esters is 1. The summed E-state index contributed by atoms with van der Waals surface area (Å²) in [6, 6.07) is 3.77. The molecule has 0 spiro atoms. The van der Waals surface area contributed by atoms with Crippen LogP contribution in [0.15, 0.2) is 18.2 Å². The number of amides is 1. The Kier molecular flexibility index (Phi) is 5.96.